The van der Waals surface area contributed by atoms with E-state index >= 15 is 0 Å². The van der Waals surface area contributed by atoms with Crippen molar-refractivity contribution in [3.63, 3.8) is 0 Å². The summed E-state index contributed by atoms with van der Waals surface area (Å²) in [5.74, 6) is 0.880. The highest BCUT2D eigenvalue weighted by Crippen LogP contribution is 2.12. The summed E-state index contributed by atoms with van der Waals surface area (Å²) in [5.41, 5.74) is 3.57. The van der Waals surface area contributed by atoms with Gasteiger partial charge < -0.3 is 10.1 Å². The van der Waals surface area contributed by atoms with Crippen LogP contribution in [0.2, 0.25) is 0 Å². The fraction of sp³-hybridized carbons (Fsp3) is 0.316. The van der Waals surface area contributed by atoms with Gasteiger partial charge in [-0.15, -0.1) is 0 Å². The van der Waals surface area contributed by atoms with Crippen LogP contribution in [0.3, 0.4) is 0 Å². The normalized spacial score (nSPS) is 10.3. The number of carbonyl (C=O) groups excluding carboxylic acids is 1. The molecule has 0 spiro atoms. The van der Waals surface area contributed by atoms with Crippen molar-refractivity contribution in [2.75, 3.05) is 7.11 Å². The molecule has 0 fully saturated rings. The lowest BCUT2D eigenvalue weighted by Gasteiger charge is -2.07. The minimum atomic E-state index is 0.0717. The molecular formula is C19H23NO2. The highest BCUT2D eigenvalue weighted by atomic mass is 16.5. The van der Waals surface area contributed by atoms with Gasteiger partial charge in [-0.25, -0.2) is 0 Å². The van der Waals surface area contributed by atoms with Gasteiger partial charge in [-0.2, -0.15) is 0 Å². The molecule has 0 aliphatic carbocycles. The maximum atomic E-state index is 11.9. The molecule has 2 aromatic rings. The third-order valence-corrected chi connectivity index (χ3v) is 3.70. The Hall–Kier alpha value is -2.29. The first kappa shape index (κ1) is 16.1. The predicted octanol–water partition coefficient (Wildman–Crippen LogP) is 3.51. The van der Waals surface area contributed by atoms with Gasteiger partial charge in [-0.1, -0.05) is 43.3 Å². The zero-order chi connectivity index (χ0) is 15.8. The van der Waals surface area contributed by atoms with Gasteiger partial charge in [0.1, 0.15) is 5.75 Å². The van der Waals surface area contributed by atoms with Crippen LogP contribution in [0.4, 0.5) is 0 Å². The van der Waals surface area contributed by atoms with Crippen LogP contribution in [0.5, 0.6) is 5.75 Å². The van der Waals surface area contributed by atoms with E-state index < -0.39 is 0 Å². The van der Waals surface area contributed by atoms with Crippen LogP contribution in [0.1, 0.15) is 30.0 Å². The number of aryl methyl sites for hydroxylation is 2. The molecule has 0 radical (unpaired) electrons. The van der Waals surface area contributed by atoms with E-state index in [0.29, 0.717) is 13.0 Å². The van der Waals surface area contributed by atoms with Crippen molar-refractivity contribution >= 4 is 5.91 Å². The largest absolute Gasteiger partial charge is 0.497 e. The first-order valence-electron chi connectivity index (χ1n) is 7.68. The molecule has 0 atom stereocenters. The lowest BCUT2D eigenvalue weighted by molar-refractivity contribution is -0.121. The molecule has 0 aliphatic heterocycles. The van der Waals surface area contributed by atoms with Crippen LogP contribution in [0.15, 0.2) is 48.5 Å². The van der Waals surface area contributed by atoms with Gasteiger partial charge in [0, 0.05) is 13.0 Å². The Morgan fingerprint density at radius 1 is 1.05 bits per heavy atom. The first-order valence-corrected chi connectivity index (χ1v) is 7.68. The topological polar surface area (TPSA) is 38.3 Å². The first-order chi connectivity index (χ1) is 10.7. The van der Waals surface area contributed by atoms with E-state index in [4.69, 9.17) is 4.74 Å². The third kappa shape index (κ3) is 4.92. The zero-order valence-electron chi connectivity index (χ0n) is 13.3. The Balaban J connectivity index is 1.77. The molecule has 0 aliphatic rings. The predicted molar refractivity (Wildman–Crippen MR) is 89.0 cm³/mol. The standard InChI is InChI=1S/C19H23NO2/c1-3-15-7-9-16(10-8-15)11-12-19(21)20-14-17-5-4-6-18(13-17)22-2/h4-10,13H,3,11-12,14H2,1-2H3,(H,20,21). The van der Waals surface area contributed by atoms with Crippen LogP contribution in [-0.4, -0.2) is 13.0 Å². The second-order valence-electron chi connectivity index (χ2n) is 5.30. The lowest BCUT2D eigenvalue weighted by atomic mass is 10.1. The van der Waals surface area contributed by atoms with E-state index in [1.54, 1.807) is 7.11 Å². The van der Waals surface area contributed by atoms with Gasteiger partial charge in [0.05, 0.1) is 7.11 Å². The summed E-state index contributed by atoms with van der Waals surface area (Å²) < 4.78 is 5.17. The van der Waals surface area contributed by atoms with Crippen molar-refractivity contribution < 1.29 is 9.53 Å². The quantitative estimate of drug-likeness (QED) is 0.849. The molecular weight excluding hydrogens is 274 g/mol. The minimum absolute atomic E-state index is 0.0717. The second-order valence-corrected chi connectivity index (χ2v) is 5.30. The van der Waals surface area contributed by atoms with Crippen molar-refractivity contribution in [1.29, 1.82) is 0 Å². The number of ether oxygens (including phenoxy) is 1. The summed E-state index contributed by atoms with van der Waals surface area (Å²) in [4.78, 5) is 11.9. The SMILES string of the molecule is CCc1ccc(CCC(=O)NCc2cccc(OC)c2)cc1. The molecule has 22 heavy (non-hydrogen) atoms. The van der Waals surface area contributed by atoms with Gasteiger partial charge in [-0.05, 0) is 41.7 Å². The fourth-order valence-electron chi connectivity index (χ4n) is 2.27. The summed E-state index contributed by atoms with van der Waals surface area (Å²) in [5, 5.41) is 2.95. The number of benzene rings is 2. The van der Waals surface area contributed by atoms with Gasteiger partial charge in [0.15, 0.2) is 0 Å². The number of amides is 1. The Bertz CT molecular complexity index is 605. The van der Waals surface area contributed by atoms with Crippen molar-refractivity contribution in [3.8, 4) is 5.75 Å². The van der Waals surface area contributed by atoms with Crippen LogP contribution in [0.25, 0.3) is 0 Å². The number of hydrogen-bond acceptors (Lipinski definition) is 2. The molecule has 0 unspecified atom stereocenters. The number of methoxy groups -OCH3 is 1. The van der Waals surface area contributed by atoms with Crippen molar-refractivity contribution in [2.24, 2.45) is 0 Å². The van der Waals surface area contributed by atoms with Crippen LogP contribution >= 0.6 is 0 Å². The van der Waals surface area contributed by atoms with Crippen molar-refractivity contribution in [3.05, 3.63) is 65.2 Å². The minimum Gasteiger partial charge on any atom is -0.497 e. The molecule has 116 valence electrons. The maximum Gasteiger partial charge on any atom is 0.220 e. The van der Waals surface area contributed by atoms with E-state index in [1.807, 2.05) is 24.3 Å². The smallest absolute Gasteiger partial charge is 0.220 e. The molecule has 0 aromatic heterocycles. The average Bonchev–Trinajstić information content (AvgIpc) is 2.58. The van der Waals surface area contributed by atoms with Crippen molar-refractivity contribution in [2.45, 2.75) is 32.7 Å². The molecule has 2 rings (SSSR count). The molecule has 0 heterocycles. The molecule has 0 saturated heterocycles. The van der Waals surface area contributed by atoms with E-state index in [0.717, 1.165) is 24.2 Å². The van der Waals surface area contributed by atoms with E-state index in [2.05, 4.69) is 36.5 Å². The Labute approximate surface area is 132 Å². The summed E-state index contributed by atoms with van der Waals surface area (Å²) in [6.45, 7) is 2.67. The maximum absolute atomic E-state index is 11.9. The van der Waals surface area contributed by atoms with Crippen LogP contribution < -0.4 is 10.1 Å². The second kappa shape index (κ2) is 8.23. The highest BCUT2D eigenvalue weighted by molar-refractivity contribution is 5.76. The zero-order valence-corrected chi connectivity index (χ0v) is 13.3. The third-order valence-electron chi connectivity index (χ3n) is 3.70. The van der Waals surface area contributed by atoms with Gasteiger partial charge >= 0.3 is 0 Å². The summed E-state index contributed by atoms with van der Waals surface area (Å²) in [6, 6.07) is 16.2. The van der Waals surface area contributed by atoms with E-state index in [1.165, 1.54) is 11.1 Å². The number of hydrogen-bond donors (Lipinski definition) is 1. The van der Waals surface area contributed by atoms with E-state index in [9.17, 15) is 4.79 Å². The Kier molecular flexibility index (Phi) is 6.01. The van der Waals surface area contributed by atoms with Crippen LogP contribution in [0, 0.1) is 0 Å². The lowest BCUT2D eigenvalue weighted by Crippen LogP contribution is -2.23. The number of rotatable bonds is 7. The van der Waals surface area contributed by atoms with Crippen LogP contribution in [-0.2, 0) is 24.2 Å². The summed E-state index contributed by atoms with van der Waals surface area (Å²) in [6.07, 6.45) is 2.32. The molecule has 2 aromatic carbocycles. The summed E-state index contributed by atoms with van der Waals surface area (Å²) in [7, 11) is 1.64. The Morgan fingerprint density at radius 3 is 2.45 bits per heavy atom. The van der Waals surface area contributed by atoms with Gasteiger partial charge in [0.2, 0.25) is 5.91 Å². The molecule has 0 bridgehead atoms. The number of carbonyl (C=O) groups is 1. The molecule has 1 N–H and O–H groups in total. The van der Waals surface area contributed by atoms with E-state index in [-0.39, 0.29) is 5.91 Å². The summed E-state index contributed by atoms with van der Waals surface area (Å²) >= 11 is 0. The average molecular weight is 297 g/mol. The fourth-order valence-corrected chi connectivity index (χ4v) is 2.27. The van der Waals surface area contributed by atoms with Crippen molar-refractivity contribution in [1.82, 2.24) is 5.32 Å². The highest BCUT2D eigenvalue weighted by Gasteiger charge is 2.03. The van der Waals surface area contributed by atoms with Gasteiger partial charge in [0.25, 0.3) is 0 Å². The molecule has 0 saturated carbocycles. The monoisotopic (exact) mass is 297 g/mol. The van der Waals surface area contributed by atoms with Gasteiger partial charge in [-0.3, -0.25) is 4.79 Å². The number of nitrogens with one attached hydrogen (secondary N) is 1. The Morgan fingerprint density at radius 2 is 1.77 bits per heavy atom. The molecule has 3 heteroatoms. The molecule has 3 nitrogen and oxygen atoms in total. The molecule has 1 amide bonds.